The van der Waals surface area contributed by atoms with Crippen molar-refractivity contribution < 1.29 is 19.1 Å². The van der Waals surface area contributed by atoms with E-state index in [1.165, 1.54) is 5.57 Å². The van der Waals surface area contributed by atoms with Crippen molar-refractivity contribution in [2.45, 2.75) is 26.2 Å². The maximum absolute atomic E-state index is 11.3. The smallest absolute Gasteiger partial charge is 0.335 e. The molecular weight excluding hydrogens is 376 g/mol. The number of carbonyl (C=O) groups is 2. The van der Waals surface area contributed by atoms with Crippen molar-refractivity contribution in [1.82, 2.24) is 0 Å². The van der Waals surface area contributed by atoms with Crippen LogP contribution in [0.15, 0.2) is 85.5 Å². The van der Waals surface area contributed by atoms with Gasteiger partial charge in [-0.25, -0.2) is 9.59 Å². The number of hydrogen-bond donors (Lipinski definition) is 0. The van der Waals surface area contributed by atoms with E-state index in [0.717, 1.165) is 42.5 Å². The lowest BCUT2D eigenvalue weighted by atomic mass is 10.0. The summed E-state index contributed by atoms with van der Waals surface area (Å²) in [7, 11) is 0. The average Bonchev–Trinajstić information content (AvgIpc) is 2.76. The lowest BCUT2D eigenvalue weighted by Gasteiger charge is -2.05. The van der Waals surface area contributed by atoms with E-state index in [1.807, 2.05) is 30.3 Å². The van der Waals surface area contributed by atoms with Gasteiger partial charge < -0.3 is 9.47 Å². The van der Waals surface area contributed by atoms with Crippen LogP contribution in [0.25, 0.3) is 12.2 Å². The summed E-state index contributed by atoms with van der Waals surface area (Å²) in [6.45, 7) is 8.92. The minimum Gasteiger partial charge on any atom is -0.423 e. The molecule has 0 aliphatic carbocycles. The SMILES string of the molecule is C=CC(=O)Oc1ccc(C=CCC(=Cc2ccc(OC(=O)C=C)cc2)CCC)cc1. The Bertz CT molecular complexity index is 932. The first-order valence-corrected chi connectivity index (χ1v) is 9.78. The molecule has 0 unspecified atom stereocenters. The van der Waals surface area contributed by atoms with Gasteiger partial charge in [0.25, 0.3) is 0 Å². The topological polar surface area (TPSA) is 52.6 Å². The molecule has 0 aliphatic rings. The van der Waals surface area contributed by atoms with Gasteiger partial charge in [0, 0.05) is 12.2 Å². The molecule has 0 fully saturated rings. The van der Waals surface area contributed by atoms with E-state index in [9.17, 15) is 9.59 Å². The lowest BCUT2D eigenvalue weighted by Crippen LogP contribution is -2.02. The molecule has 0 aromatic heterocycles. The first-order chi connectivity index (χ1) is 14.5. The molecular formula is C26H26O4. The van der Waals surface area contributed by atoms with Gasteiger partial charge in [0.05, 0.1) is 0 Å². The predicted molar refractivity (Wildman–Crippen MR) is 121 cm³/mol. The minimum absolute atomic E-state index is 0.470. The van der Waals surface area contributed by atoms with E-state index in [0.29, 0.717) is 11.5 Å². The summed E-state index contributed by atoms with van der Waals surface area (Å²) in [6.07, 6.45) is 11.5. The van der Waals surface area contributed by atoms with Gasteiger partial charge in [0.1, 0.15) is 11.5 Å². The van der Waals surface area contributed by atoms with E-state index < -0.39 is 11.9 Å². The van der Waals surface area contributed by atoms with Gasteiger partial charge in [0.15, 0.2) is 0 Å². The third-order valence-corrected chi connectivity index (χ3v) is 4.16. The number of hydrogen-bond acceptors (Lipinski definition) is 4. The zero-order valence-electron chi connectivity index (χ0n) is 17.2. The third-order valence-electron chi connectivity index (χ3n) is 4.16. The van der Waals surface area contributed by atoms with Crippen molar-refractivity contribution in [3.8, 4) is 11.5 Å². The molecule has 2 aromatic rings. The predicted octanol–water partition coefficient (Wildman–Crippen LogP) is 6.16. The molecule has 0 saturated heterocycles. The summed E-state index contributed by atoms with van der Waals surface area (Å²) >= 11 is 0. The van der Waals surface area contributed by atoms with E-state index in [1.54, 1.807) is 24.3 Å². The number of carbonyl (C=O) groups excluding carboxylic acids is 2. The van der Waals surface area contributed by atoms with Crippen molar-refractivity contribution in [3.05, 3.63) is 96.6 Å². The summed E-state index contributed by atoms with van der Waals surface area (Å²) in [5, 5.41) is 0. The van der Waals surface area contributed by atoms with Crippen LogP contribution in [0.4, 0.5) is 0 Å². The first-order valence-electron chi connectivity index (χ1n) is 9.78. The van der Waals surface area contributed by atoms with Crippen molar-refractivity contribution in [1.29, 1.82) is 0 Å². The summed E-state index contributed by atoms with van der Waals surface area (Å²) in [5.74, 6) is 0.0450. The summed E-state index contributed by atoms with van der Waals surface area (Å²) < 4.78 is 10.2. The van der Waals surface area contributed by atoms with Crippen LogP contribution >= 0.6 is 0 Å². The van der Waals surface area contributed by atoms with Crippen molar-refractivity contribution in [2.24, 2.45) is 0 Å². The van der Waals surface area contributed by atoms with Gasteiger partial charge in [0.2, 0.25) is 0 Å². The van der Waals surface area contributed by atoms with Crippen LogP contribution in [0.5, 0.6) is 11.5 Å². The third kappa shape index (κ3) is 7.76. The van der Waals surface area contributed by atoms with Gasteiger partial charge in [-0.1, -0.05) is 74.6 Å². The van der Waals surface area contributed by atoms with Gasteiger partial charge in [-0.2, -0.15) is 0 Å². The van der Waals surface area contributed by atoms with E-state index in [4.69, 9.17) is 9.47 Å². The summed E-state index contributed by atoms with van der Waals surface area (Å²) in [5.41, 5.74) is 3.39. The maximum Gasteiger partial charge on any atom is 0.335 e. The molecule has 4 heteroatoms. The normalized spacial score (nSPS) is 11.2. The molecule has 0 spiro atoms. The molecule has 0 heterocycles. The Hall–Kier alpha value is -3.66. The second-order valence-electron chi connectivity index (χ2n) is 6.55. The van der Waals surface area contributed by atoms with Gasteiger partial charge in [-0.15, -0.1) is 0 Å². The molecule has 30 heavy (non-hydrogen) atoms. The van der Waals surface area contributed by atoms with Crippen LogP contribution in [0.3, 0.4) is 0 Å². The fourth-order valence-electron chi connectivity index (χ4n) is 2.73. The Morgan fingerprint density at radius 3 is 1.80 bits per heavy atom. The van der Waals surface area contributed by atoms with Crippen LogP contribution in [0.2, 0.25) is 0 Å². The summed E-state index contributed by atoms with van der Waals surface area (Å²) in [4.78, 5) is 22.5. The van der Waals surface area contributed by atoms with Crippen LogP contribution in [-0.4, -0.2) is 11.9 Å². The highest BCUT2D eigenvalue weighted by molar-refractivity contribution is 5.83. The number of benzene rings is 2. The molecule has 2 rings (SSSR count). The molecule has 0 aliphatic heterocycles. The fourth-order valence-corrected chi connectivity index (χ4v) is 2.73. The Kier molecular flexibility index (Phi) is 9.07. The highest BCUT2D eigenvalue weighted by Crippen LogP contribution is 2.20. The van der Waals surface area contributed by atoms with Crippen LogP contribution in [0.1, 0.15) is 37.3 Å². The average molecular weight is 402 g/mol. The van der Waals surface area contributed by atoms with Crippen molar-refractivity contribution in [2.75, 3.05) is 0 Å². The Labute approximate surface area is 177 Å². The fraction of sp³-hybridized carbons (Fsp3) is 0.154. The monoisotopic (exact) mass is 402 g/mol. The Balaban J connectivity index is 2.00. The van der Waals surface area contributed by atoms with Crippen LogP contribution in [0, 0.1) is 0 Å². The van der Waals surface area contributed by atoms with Crippen LogP contribution in [-0.2, 0) is 9.59 Å². The highest BCUT2D eigenvalue weighted by atomic mass is 16.5. The van der Waals surface area contributed by atoms with E-state index >= 15 is 0 Å². The van der Waals surface area contributed by atoms with Crippen molar-refractivity contribution in [3.63, 3.8) is 0 Å². The minimum atomic E-state index is -0.473. The molecule has 4 nitrogen and oxygen atoms in total. The Morgan fingerprint density at radius 2 is 1.33 bits per heavy atom. The second kappa shape index (κ2) is 12.0. The molecule has 0 N–H and O–H groups in total. The number of esters is 2. The summed E-state index contributed by atoms with van der Waals surface area (Å²) in [6, 6.07) is 14.7. The molecule has 0 saturated carbocycles. The molecule has 2 aromatic carbocycles. The zero-order valence-corrected chi connectivity index (χ0v) is 17.2. The maximum atomic E-state index is 11.3. The van der Waals surface area contributed by atoms with E-state index in [2.05, 4.69) is 32.2 Å². The molecule has 154 valence electrons. The molecule has 0 bridgehead atoms. The van der Waals surface area contributed by atoms with Crippen LogP contribution < -0.4 is 9.47 Å². The first kappa shape index (κ1) is 22.6. The van der Waals surface area contributed by atoms with Crippen molar-refractivity contribution >= 4 is 24.1 Å². The molecule has 0 radical (unpaired) electrons. The molecule has 0 atom stereocenters. The zero-order chi connectivity index (χ0) is 21.8. The quantitative estimate of drug-likeness (QED) is 0.271. The van der Waals surface area contributed by atoms with Gasteiger partial charge >= 0.3 is 11.9 Å². The van der Waals surface area contributed by atoms with Gasteiger partial charge in [-0.05, 0) is 48.2 Å². The second-order valence-corrected chi connectivity index (χ2v) is 6.55. The van der Waals surface area contributed by atoms with Gasteiger partial charge in [-0.3, -0.25) is 0 Å². The number of allylic oxidation sites excluding steroid dienone is 2. The number of rotatable bonds is 10. The highest BCUT2D eigenvalue weighted by Gasteiger charge is 2.01. The largest absolute Gasteiger partial charge is 0.423 e. The Morgan fingerprint density at radius 1 is 0.833 bits per heavy atom. The lowest BCUT2D eigenvalue weighted by molar-refractivity contribution is -0.129. The van der Waals surface area contributed by atoms with E-state index in [-0.39, 0.29) is 0 Å². The number of ether oxygens (including phenoxy) is 2. The molecule has 0 amide bonds. The standard InChI is InChI=1S/C26H26O4/c1-4-8-21(19-22-13-17-24(18-14-22)30-26(28)6-3)10-7-9-20-11-15-23(16-12-20)29-25(27)5-2/h5-7,9,11-19H,2-4,8,10H2,1H3.